The molecule has 0 bridgehead atoms. The molecule has 0 radical (unpaired) electrons. The van der Waals surface area contributed by atoms with E-state index in [9.17, 15) is 39.5 Å². The van der Waals surface area contributed by atoms with E-state index >= 15 is 0 Å². The zero-order valence-electron chi connectivity index (χ0n) is 7.31. The van der Waals surface area contributed by atoms with Crippen molar-refractivity contribution in [1.29, 1.82) is 0 Å². The first kappa shape index (κ1) is 14.9. The molecule has 1 nitrogen and oxygen atoms in total. The lowest BCUT2D eigenvalue weighted by atomic mass is 10.3. The largest absolute Gasteiger partial charge is 0.427 e. The number of hydrogen-bond donors (Lipinski definition) is 0. The smallest absolute Gasteiger partial charge is 0.406 e. The summed E-state index contributed by atoms with van der Waals surface area (Å²) in [4.78, 5) is 0. The quantitative estimate of drug-likeness (QED) is 0.541. The molecule has 0 rings (SSSR count). The average molecular weight is 262 g/mol. The zero-order valence-corrected chi connectivity index (χ0v) is 7.31. The van der Waals surface area contributed by atoms with Crippen molar-refractivity contribution in [2.75, 3.05) is 0 Å². The first-order valence-corrected chi connectivity index (χ1v) is 3.36. The Morgan fingerprint density at radius 3 is 1.31 bits per heavy atom. The van der Waals surface area contributed by atoms with E-state index in [0.29, 0.717) is 0 Å². The minimum atomic E-state index is -6.19. The highest BCUT2D eigenvalue weighted by Gasteiger charge is 2.55. The molecule has 0 aliphatic rings. The average Bonchev–Trinajstić information content (AvgIpc) is 1.70. The molecule has 0 aromatic carbocycles. The van der Waals surface area contributed by atoms with E-state index in [2.05, 4.69) is 4.74 Å². The molecule has 0 N–H and O–H groups in total. The second kappa shape index (κ2) is 4.06. The van der Waals surface area contributed by atoms with Gasteiger partial charge in [-0.15, -0.1) is 0 Å². The molecule has 0 atom stereocenters. The fourth-order valence-electron chi connectivity index (χ4n) is 0.592. The molecule has 96 valence electrons. The van der Waals surface area contributed by atoms with Gasteiger partial charge in [-0.3, -0.25) is 0 Å². The van der Waals surface area contributed by atoms with Crippen LogP contribution in [0.2, 0.25) is 0 Å². The van der Waals surface area contributed by atoms with Crippen molar-refractivity contribution in [2.24, 2.45) is 0 Å². The molecule has 0 aliphatic carbocycles. The molecular formula is C6H3F9O. The Morgan fingerprint density at radius 1 is 0.812 bits per heavy atom. The molecule has 16 heavy (non-hydrogen) atoms. The Morgan fingerprint density at radius 2 is 1.12 bits per heavy atom. The summed E-state index contributed by atoms with van der Waals surface area (Å²) in [6, 6.07) is -3.42. The molecule has 0 aliphatic heterocycles. The van der Waals surface area contributed by atoms with Gasteiger partial charge in [0.2, 0.25) is 5.57 Å². The summed E-state index contributed by atoms with van der Waals surface area (Å²) in [5.41, 5.74) is -3.75. The summed E-state index contributed by atoms with van der Waals surface area (Å²) in [5.74, 6) is 0. The van der Waals surface area contributed by atoms with Crippen LogP contribution < -0.4 is 0 Å². The van der Waals surface area contributed by atoms with Crippen molar-refractivity contribution < 1.29 is 44.3 Å². The maximum Gasteiger partial charge on any atom is 0.427 e. The number of ether oxygens (including phenoxy) is 1. The van der Waals surface area contributed by atoms with Gasteiger partial charge in [0.1, 0.15) is 0 Å². The van der Waals surface area contributed by atoms with Crippen molar-refractivity contribution in [3.8, 4) is 0 Å². The van der Waals surface area contributed by atoms with Crippen LogP contribution >= 0.6 is 0 Å². The van der Waals surface area contributed by atoms with E-state index in [1.807, 2.05) is 0 Å². The van der Waals surface area contributed by atoms with E-state index in [1.165, 1.54) is 0 Å². The van der Waals surface area contributed by atoms with Gasteiger partial charge in [0.15, 0.2) is 0 Å². The standard InChI is InChI=1S/C6H3F9O/c1-4(8,9)16-3(7)2(5(10,11)12)6(13,14)15/h1H3. The highest BCUT2D eigenvalue weighted by Crippen LogP contribution is 2.42. The Kier molecular flexibility index (Phi) is 3.78. The molecule has 0 unspecified atom stereocenters. The molecule has 0 saturated heterocycles. The van der Waals surface area contributed by atoms with Gasteiger partial charge in [-0.1, -0.05) is 0 Å². The van der Waals surface area contributed by atoms with Crippen molar-refractivity contribution in [3.63, 3.8) is 0 Å². The number of alkyl halides is 8. The molecule has 0 amide bonds. The Labute approximate surface area is 82.5 Å². The molecule has 0 aromatic heterocycles. The van der Waals surface area contributed by atoms with Crippen LogP contribution in [0.1, 0.15) is 6.92 Å². The SMILES string of the molecule is CC(F)(F)OC(F)=C(C(F)(F)F)C(F)(F)F. The zero-order chi connectivity index (χ0) is 13.4. The van der Waals surface area contributed by atoms with Crippen molar-refractivity contribution in [1.82, 2.24) is 0 Å². The minimum absolute atomic E-state index is 0.211. The van der Waals surface area contributed by atoms with E-state index in [4.69, 9.17) is 0 Å². The van der Waals surface area contributed by atoms with Crippen molar-refractivity contribution in [3.05, 3.63) is 11.6 Å². The maximum absolute atomic E-state index is 12.3. The van der Waals surface area contributed by atoms with Crippen molar-refractivity contribution >= 4 is 0 Å². The van der Waals surface area contributed by atoms with E-state index < -0.39 is 30.0 Å². The number of hydrogen-bond acceptors (Lipinski definition) is 1. The monoisotopic (exact) mass is 262 g/mol. The molecule has 10 heteroatoms. The van der Waals surface area contributed by atoms with Gasteiger partial charge in [0.05, 0.1) is 0 Å². The first-order valence-electron chi connectivity index (χ1n) is 3.36. The van der Waals surface area contributed by atoms with Crippen LogP contribution in [0.3, 0.4) is 0 Å². The molecular weight excluding hydrogens is 259 g/mol. The van der Waals surface area contributed by atoms with Gasteiger partial charge in [-0.05, 0) is 0 Å². The summed E-state index contributed by atoms with van der Waals surface area (Å²) in [6.07, 6.45) is -16.9. The van der Waals surface area contributed by atoms with Crippen LogP contribution in [-0.2, 0) is 4.74 Å². The second-order valence-electron chi connectivity index (χ2n) is 2.55. The van der Waals surface area contributed by atoms with Crippen LogP contribution in [-0.4, -0.2) is 18.5 Å². The lowest BCUT2D eigenvalue weighted by Gasteiger charge is -2.18. The fraction of sp³-hybridized carbons (Fsp3) is 0.667. The topological polar surface area (TPSA) is 9.23 Å². The summed E-state index contributed by atoms with van der Waals surface area (Å²) in [7, 11) is 0. The second-order valence-corrected chi connectivity index (χ2v) is 2.55. The first-order chi connectivity index (χ1) is 6.75. The minimum Gasteiger partial charge on any atom is -0.406 e. The molecule has 0 aromatic rings. The summed E-state index contributed by atoms with van der Waals surface area (Å²) < 4.78 is 109. The Balaban J connectivity index is 5.42. The summed E-state index contributed by atoms with van der Waals surface area (Å²) >= 11 is 0. The third-order valence-electron chi connectivity index (χ3n) is 1.03. The van der Waals surface area contributed by atoms with Crippen LogP contribution in [0.5, 0.6) is 0 Å². The van der Waals surface area contributed by atoms with Gasteiger partial charge in [0, 0.05) is 6.92 Å². The van der Waals surface area contributed by atoms with Gasteiger partial charge in [0.25, 0.3) is 6.01 Å². The van der Waals surface area contributed by atoms with Gasteiger partial charge in [-0.2, -0.15) is 39.5 Å². The highest BCUT2D eigenvalue weighted by molar-refractivity contribution is 5.16. The molecule has 0 fully saturated rings. The molecule has 0 spiro atoms. The third-order valence-corrected chi connectivity index (χ3v) is 1.03. The van der Waals surface area contributed by atoms with Gasteiger partial charge < -0.3 is 4.74 Å². The van der Waals surface area contributed by atoms with Gasteiger partial charge >= 0.3 is 18.5 Å². The summed E-state index contributed by atoms with van der Waals surface area (Å²) in [5, 5.41) is 0. The van der Waals surface area contributed by atoms with Crippen LogP contribution in [0.4, 0.5) is 39.5 Å². The van der Waals surface area contributed by atoms with Crippen LogP contribution in [0, 0.1) is 0 Å². The number of halogens is 9. The van der Waals surface area contributed by atoms with Crippen molar-refractivity contribution in [2.45, 2.75) is 25.4 Å². The normalized spacial score (nSPS) is 13.6. The third kappa shape index (κ3) is 4.62. The maximum atomic E-state index is 12.3. The van der Waals surface area contributed by atoms with E-state index in [0.717, 1.165) is 0 Å². The predicted molar refractivity (Wildman–Crippen MR) is 31.9 cm³/mol. The summed E-state index contributed by atoms with van der Waals surface area (Å²) in [6.45, 7) is -0.211. The van der Waals surface area contributed by atoms with Crippen LogP contribution in [0.25, 0.3) is 0 Å². The predicted octanol–water partition coefficient (Wildman–Crippen LogP) is 3.92. The Bertz CT molecular complexity index is 262. The van der Waals surface area contributed by atoms with Crippen LogP contribution in [0.15, 0.2) is 11.6 Å². The highest BCUT2D eigenvalue weighted by atomic mass is 19.4. The lowest BCUT2D eigenvalue weighted by Crippen LogP contribution is -2.29. The Hall–Kier alpha value is -1.09. The number of allylic oxidation sites excluding steroid dienone is 1. The van der Waals surface area contributed by atoms with Gasteiger partial charge in [-0.25, -0.2) is 0 Å². The lowest BCUT2D eigenvalue weighted by molar-refractivity contribution is -0.226. The van der Waals surface area contributed by atoms with E-state index in [1.54, 1.807) is 0 Å². The number of rotatable bonds is 2. The van der Waals surface area contributed by atoms with E-state index in [-0.39, 0.29) is 6.92 Å². The molecule has 0 heterocycles. The molecule has 0 saturated carbocycles. The fourth-order valence-corrected chi connectivity index (χ4v) is 0.592.